The number of hydrogen-bond acceptors (Lipinski definition) is 3. The Morgan fingerprint density at radius 3 is 2.75 bits per heavy atom. The van der Waals surface area contributed by atoms with Gasteiger partial charge in [-0.15, -0.1) is 6.58 Å². The van der Waals surface area contributed by atoms with Crippen LogP contribution in [-0.2, 0) is 9.47 Å². The molecule has 1 aliphatic carbocycles. The maximum Gasteiger partial charge on any atom is 0.168 e. The topological polar surface area (TPSA) is 38.7 Å². The van der Waals surface area contributed by atoms with Crippen LogP contribution in [-0.4, -0.2) is 30.2 Å². The van der Waals surface area contributed by atoms with Crippen molar-refractivity contribution in [2.75, 3.05) is 13.2 Å². The van der Waals surface area contributed by atoms with Crippen LogP contribution in [0, 0.1) is 5.92 Å². The van der Waals surface area contributed by atoms with Crippen LogP contribution in [0.15, 0.2) is 12.7 Å². The lowest BCUT2D eigenvalue weighted by Gasteiger charge is -2.32. The van der Waals surface area contributed by atoms with Crippen molar-refractivity contribution in [3.8, 4) is 0 Å². The van der Waals surface area contributed by atoms with Crippen molar-refractivity contribution in [1.82, 2.24) is 0 Å². The molecule has 0 aromatic heterocycles. The van der Waals surface area contributed by atoms with Gasteiger partial charge in [0.2, 0.25) is 0 Å². The fraction of sp³-hybridized carbons (Fsp3) is 0.846. The highest BCUT2D eigenvalue weighted by molar-refractivity contribution is 4.87. The lowest BCUT2D eigenvalue weighted by molar-refractivity contribution is -0.192. The quantitative estimate of drug-likeness (QED) is 0.747. The summed E-state index contributed by atoms with van der Waals surface area (Å²) in [6.07, 6.45) is 8.37. The molecular weight excluding hydrogens is 204 g/mol. The molecule has 0 bridgehead atoms. The molecular formula is C13H22O3. The zero-order valence-electron chi connectivity index (χ0n) is 9.86. The van der Waals surface area contributed by atoms with Gasteiger partial charge in [-0.2, -0.15) is 0 Å². The molecule has 1 saturated heterocycles. The normalized spacial score (nSPS) is 30.4. The second kappa shape index (κ2) is 5.30. The Morgan fingerprint density at radius 1 is 1.38 bits per heavy atom. The van der Waals surface area contributed by atoms with Crippen LogP contribution in [0.5, 0.6) is 0 Å². The Hall–Kier alpha value is -0.380. The number of aliphatic hydroxyl groups is 1. The number of hydrogen-bond donors (Lipinski definition) is 1. The van der Waals surface area contributed by atoms with Gasteiger partial charge in [-0.3, -0.25) is 0 Å². The summed E-state index contributed by atoms with van der Waals surface area (Å²) in [5.74, 6) is -0.184. The molecule has 1 aliphatic heterocycles. The van der Waals surface area contributed by atoms with E-state index in [0.717, 1.165) is 19.3 Å². The van der Waals surface area contributed by atoms with Crippen LogP contribution in [0.1, 0.15) is 38.5 Å². The van der Waals surface area contributed by atoms with E-state index in [4.69, 9.17) is 9.47 Å². The molecule has 0 radical (unpaired) electrons. The highest BCUT2D eigenvalue weighted by Gasteiger charge is 2.44. The summed E-state index contributed by atoms with van der Waals surface area (Å²) in [5, 5.41) is 9.32. The van der Waals surface area contributed by atoms with E-state index in [-0.39, 0.29) is 24.4 Å². The summed E-state index contributed by atoms with van der Waals surface area (Å²) < 4.78 is 11.9. The Balaban J connectivity index is 1.92. The maximum absolute atomic E-state index is 9.32. The highest BCUT2D eigenvalue weighted by atomic mass is 16.7. The molecule has 1 heterocycles. The first-order valence-corrected chi connectivity index (χ1v) is 6.33. The summed E-state index contributed by atoms with van der Waals surface area (Å²) in [5.41, 5.74) is 0. The zero-order valence-corrected chi connectivity index (χ0v) is 9.86. The van der Waals surface area contributed by atoms with Crippen molar-refractivity contribution in [3.05, 3.63) is 12.7 Å². The van der Waals surface area contributed by atoms with Gasteiger partial charge < -0.3 is 14.6 Å². The smallest absolute Gasteiger partial charge is 0.168 e. The van der Waals surface area contributed by atoms with Gasteiger partial charge in [0, 0.05) is 25.4 Å². The molecule has 1 saturated carbocycles. The number of aliphatic hydroxyl groups excluding tert-OH is 1. The summed E-state index contributed by atoms with van der Waals surface area (Å²) in [6.45, 7) is 4.49. The third kappa shape index (κ3) is 2.47. The van der Waals surface area contributed by atoms with Crippen LogP contribution in [0.25, 0.3) is 0 Å². The van der Waals surface area contributed by atoms with Gasteiger partial charge in [0.25, 0.3) is 0 Å². The predicted molar refractivity (Wildman–Crippen MR) is 62.0 cm³/mol. The maximum atomic E-state index is 9.32. The van der Waals surface area contributed by atoms with E-state index in [1.54, 1.807) is 0 Å². The predicted octanol–water partition coefficient (Wildman–Crippen LogP) is 2.25. The van der Waals surface area contributed by atoms with E-state index in [0.29, 0.717) is 6.61 Å². The lowest BCUT2D eigenvalue weighted by atomic mass is 9.94. The SMILES string of the molecule is C=CC[C@H](CO)[C@H]1COC2(CCCCC2)O1. The molecule has 1 spiro atoms. The number of ether oxygens (including phenoxy) is 2. The van der Waals surface area contributed by atoms with E-state index in [1.165, 1.54) is 19.3 Å². The van der Waals surface area contributed by atoms with Crippen molar-refractivity contribution in [2.45, 2.75) is 50.4 Å². The first kappa shape index (κ1) is 12.1. The van der Waals surface area contributed by atoms with Crippen LogP contribution in [0.2, 0.25) is 0 Å². The molecule has 0 unspecified atom stereocenters. The largest absolute Gasteiger partial charge is 0.396 e. The fourth-order valence-electron chi connectivity index (χ4n) is 2.72. The lowest BCUT2D eigenvalue weighted by Crippen LogP contribution is -2.35. The first-order valence-electron chi connectivity index (χ1n) is 6.33. The van der Waals surface area contributed by atoms with E-state index < -0.39 is 0 Å². The van der Waals surface area contributed by atoms with Gasteiger partial charge in [-0.05, 0) is 19.3 Å². The van der Waals surface area contributed by atoms with Crippen molar-refractivity contribution in [3.63, 3.8) is 0 Å². The molecule has 0 aromatic carbocycles. The van der Waals surface area contributed by atoms with Gasteiger partial charge in [0.1, 0.15) is 0 Å². The number of rotatable bonds is 4. The highest BCUT2D eigenvalue weighted by Crippen LogP contribution is 2.39. The van der Waals surface area contributed by atoms with Gasteiger partial charge in [-0.25, -0.2) is 0 Å². The minimum Gasteiger partial charge on any atom is -0.396 e. The van der Waals surface area contributed by atoms with Crippen molar-refractivity contribution in [2.24, 2.45) is 5.92 Å². The fourth-order valence-corrected chi connectivity index (χ4v) is 2.72. The molecule has 16 heavy (non-hydrogen) atoms. The molecule has 2 rings (SSSR count). The average Bonchev–Trinajstić information content (AvgIpc) is 2.71. The Labute approximate surface area is 97.4 Å². The third-order valence-electron chi connectivity index (χ3n) is 3.72. The zero-order chi connectivity index (χ0) is 11.4. The third-order valence-corrected chi connectivity index (χ3v) is 3.72. The number of allylic oxidation sites excluding steroid dienone is 1. The summed E-state index contributed by atoms with van der Waals surface area (Å²) in [6, 6.07) is 0. The summed E-state index contributed by atoms with van der Waals surface area (Å²) in [7, 11) is 0. The summed E-state index contributed by atoms with van der Waals surface area (Å²) >= 11 is 0. The van der Waals surface area contributed by atoms with Gasteiger partial charge in [0.05, 0.1) is 12.7 Å². The molecule has 92 valence electrons. The van der Waals surface area contributed by atoms with Gasteiger partial charge in [-0.1, -0.05) is 12.5 Å². The van der Waals surface area contributed by atoms with Crippen LogP contribution in [0.4, 0.5) is 0 Å². The van der Waals surface area contributed by atoms with Gasteiger partial charge >= 0.3 is 0 Å². The molecule has 2 fully saturated rings. The molecule has 2 atom stereocenters. The standard InChI is InChI=1S/C13H22O3/c1-2-6-11(9-14)12-10-15-13(16-12)7-4-3-5-8-13/h2,11-12,14H,1,3-10H2/t11-,12-/m1/s1. The second-order valence-corrected chi connectivity index (χ2v) is 4.91. The molecule has 0 amide bonds. The average molecular weight is 226 g/mol. The van der Waals surface area contributed by atoms with E-state index in [1.807, 2.05) is 6.08 Å². The van der Waals surface area contributed by atoms with Crippen molar-refractivity contribution < 1.29 is 14.6 Å². The minimum atomic E-state index is -0.322. The molecule has 1 N–H and O–H groups in total. The van der Waals surface area contributed by atoms with Crippen LogP contribution < -0.4 is 0 Å². The Bertz CT molecular complexity index is 233. The van der Waals surface area contributed by atoms with E-state index >= 15 is 0 Å². The molecule has 2 aliphatic rings. The molecule has 3 heteroatoms. The van der Waals surface area contributed by atoms with Gasteiger partial charge in [0.15, 0.2) is 5.79 Å². The van der Waals surface area contributed by atoms with Crippen LogP contribution in [0.3, 0.4) is 0 Å². The Morgan fingerprint density at radius 2 is 2.12 bits per heavy atom. The summed E-state index contributed by atoms with van der Waals surface area (Å²) in [4.78, 5) is 0. The van der Waals surface area contributed by atoms with E-state index in [9.17, 15) is 5.11 Å². The van der Waals surface area contributed by atoms with E-state index in [2.05, 4.69) is 6.58 Å². The second-order valence-electron chi connectivity index (χ2n) is 4.91. The first-order chi connectivity index (χ1) is 7.79. The molecule has 3 nitrogen and oxygen atoms in total. The minimum absolute atomic E-state index is 0.0427. The van der Waals surface area contributed by atoms with Crippen LogP contribution >= 0.6 is 0 Å². The Kier molecular flexibility index (Phi) is 4.00. The monoisotopic (exact) mass is 226 g/mol. The van der Waals surface area contributed by atoms with Crippen molar-refractivity contribution in [1.29, 1.82) is 0 Å². The molecule has 0 aromatic rings. The van der Waals surface area contributed by atoms with Crippen molar-refractivity contribution >= 4 is 0 Å².